The fourth-order valence-corrected chi connectivity index (χ4v) is 2.70. The first-order valence-electron chi connectivity index (χ1n) is 6.16. The number of H-pyrrole nitrogens is 1. The molecule has 3 rings (SSSR count). The van der Waals surface area contributed by atoms with Crippen molar-refractivity contribution in [3.63, 3.8) is 0 Å². The number of aromatic amines is 1. The number of nitrogens with one attached hydrogen (secondary N) is 1. The van der Waals surface area contributed by atoms with Gasteiger partial charge in [0.05, 0.1) is 6.33 Å². The normalized spacial score (nSPS) is 11.3. The van der Waals surface area contributed by atoms with Gasteiger partial charge in [-0.3, -0.25) is 0 Å². The molecule has 2 aromatic heterocycles. The molecule has 0 aliphatic rings. The van der Waals surface area contributed by atoms with Gasteiger partial charge in [-0.2, -0.15) is 0 Å². The quantitative estimate of drug-likeness (QED) is 0.738. The summed E-state index contributed by atoms with van der Waals surface area (Å²) in [4.78, 5) is 16.8. The predicted molar refractivity (Wildman–Crippen MR) is 76.3 cm³/mol. The van der Waals surface area contributed by atoms with Gasteiger partial charge in [0.1, 0.15) is 16.9 Å². The summed E-state index contributed by atoms with van der Waals surface area (Å²) in [6.45, 7) is 4.39. The van der Waals surface area contributed by atoms with Crippen LogP contribution in [0.25, 0.3) is 11.2 Å². The van der Waals surface area contributed by atoms with Gasteiger partial charge < -0.3 is 4.98 Å². The van der Waals surface area contributed by atoms with E-state index in [1.807, 2.05) is 0 Å². The molecule has 0 bridgehead atoms. The van der Waals surface area contributed by atoms with E-state index in [0.717, 1.165) is 10.5 Å². The lowest BCUT2D eigenvalue weighted by Gasteiger charge is -2.06. The van der Waals surface area contributed by atoms with E-state index in [2.05, 4.69) is 58.0 Å². The number of benzene rings is 1. The van der Waals surface area contributed by atoms with Crippen LogP contribution in [0.4, 0.5) is 0 Å². The molecule has 0 saturated carbocycles. The van der Waals surface area contributed by atoms with Gasteiger partial charge in [-0.1, -0.05) is 37.7 Å². The van der Waals surface area contributed by atoms with E-state index in [1.165, 1.54) is 10.5 Å². The Bertz CT molecular complexity index is 688. The molecule has 1 N–H and O–H groups in total. The Morgan fingerprint density at radius 1 is 1.05 bits per heavy atom. The second-order valence-corrected chi connectivity index (χ2v) is 5.67. The third-order valence-corrected chi connectivity index (χ3v) is 3.96. The molecule has 5 heteroatoms. The van der Waals surface area contributed by atoms with E-state index in [9.17, 15) is 0 Å². The average Bonchev–Trinajstić information content (AvgIpc) is 2.89. The lowest BCUT2D eigenvalue weighted by Crippen LogP contribution is -1.88. The van der Waals surface area contributed by atoms with E-state index in [1.54, 1.807) is 24.4 Å². The molecule has 3 aromatic rings. The van der Waals surface area contributed by atoms with Crippen molar-refractivity contribution in [2.75, 3.05) is 0 Å². The number of hydrogen-bond acceptors (Lipinski definition) is 4. The standard InChI is InChI=1S/C14H14N4S/c1-9(2)10-3-5-11(6-4-10)19-14-12-13(16-7-15-12)17-8-18-14/h3-9H,1-2H3,(H,15,16,17,18). The molecule has 0 atom stereocenters. The van der Waals surface area contributed by atoms with E-state index >= 15 is 0 Å². The zero-order valence-electron chi connectivity index (χ0n) is 10.8. The number of rotatable bonds is 3. The smallest absolute Gasteiger partial charge is 0.181 e. The molecule has 19 heavy (non-hydrogen) atoms. The van der Waals surface area contributed by atoms with Gasteiger partial charge in [-0.25, -0.2) is 15.0 Å². The number of fused-ring (bicyclic) bond motifs is 1. The Morgan fingerprint density at radius 3 is 2.58 bits per heavy atom. The van der Waals surface area contributed by atoms with Crippen LogP contribution < -0.4 is 0 Å². The molecule has 0 radical (unpaired) electrons. The average molecular weight is 270 g/mol. The van der Waals surface area contributed by atoms with Gasteiger partial charge in [-0.05, 0) is 23.6 Å². The summed E-state index contributed by atoms with van der Waals surface area (Å²) in [5, 5.41) is 0.903. The van der Waals surface area contributed by atoms with Crippen LogP contribution in [0.1, 0.15) is 25.3 Å². The largest absolute Gasteiger partial charge is 0.341 e. The van der Waals surface area contributed by atoms with Crippen molar-refractivity contribution in [2.45, 2.75) is 29.7 Å². The van der Waals surface area contributed by atoms with E-state index in [-0.39, 0.29) is 0 Å². The molecule has 0 aliphatic carbocycles. The maximum Gasteiger partial charge on any atom is 0.181 e. The Balaban J connectivity index is 1.90. The van der Waals surface area contributed by atoms with Crippen molar-refractivity contribution in [1.82, 2.24) is 19.9 Å². The summed E-state index contributed by atoms with van der Waals surface area (Å²) >= 11 is 1.62. The molecule has 0 amide bonds. The van der Waals surface area contributed by atoms with Gasteiger partial charge in [-0.15, -0.1) is 0 Å². The summed E-state index contributed by atoms with van der Waals surface area (Å²) in [7, 11) is 0. The van der Waals surface area contributed by atoms with Crippen molar-refractivity contribution in [3.8, 4) is 0 Å². The second-order valence-electron chi connectivity index (χ2n) is 4.61. The maximum atomic E-state index is 4.31. The Morgan fingerprint density at radius 2 is 1.84 bits per heavy atom. The van der Waals surface area contributed by atoms with Gasteiger partial charge in [0.2, 0.25) is 0 Å². The first kappa shape index (κ1) is 12.2. The highest BCUT2D eigenvalue weighted by Gasteiger charge is 2.07. The van der Waals surface area contributed by atoms with Gasteiger partial charge >= 0.3 is 0 Å². The number of aromatic nitrogens is 4. The first-order valence-corrected chi connectivity index (χ1v) is 6.97. The van der Waals surface area contributed by atoms with E-state index < -0.39 is 0 Å². The highest BCUT2D eigenvalue weighted by atomic mass is 32.2. The minimum atomic E-state index is 0.553. The first-order chi connectivity index (χ1) is 9.24. The van der Waals surface area contributed by atoms with Crippen molar-refractivity contribution in [2.24, 2.45) is 0 Å². The molecule has 4 nitrogen and oxygen atoms in total. The molecule has 0 fully saturated rings. The van der Waals surface area contributed by atoms with Crippen LogP contribution in [-0.4, -0.2) is 19.9 Å². The summed E-state index contributed by atoms with van der Waals surface area (Å²) in [5.74, 6) is 0.553. The van der Waals surface area contributed by atoms with Crippen molar-refractivity contribution >= 4 is 22.9 Å². The zero-order chi connectivity index (χ0) is 13.2. The van der Waals surface area contributed by atoms with Crippen LogP contribution in [0.15, 0.2) is 46.8 Å². The fraction of sp³-hybridized carbons (Fsp3) is 0.214. The number of nitrogens with zero attached hydrogens (tertiary/aromatic N) is 3. The molecular formula is C14H14N4S. The van der Waals surface area contributed by atoms with Crippen LogP contribution in [-0.2, 0) is 0 Å². The molecule has 1 aromatic carbocycles. The number of hydrogen-bond donors (Lipinski definition) is 1. The number of imidazole rings is 1. The topological polar surface area (TPSA) is 54.5 Å². The molecule has 96 valence electrons. The van der Waals surface area contributed by atoms with E-state index in [4.69, 9.17) is 0 Å². The molecular weight excluding hydrogens is 256 g/mol. The minimum Gasteiger partial charge on any atom is -0.341 e. The van der Waals surface area contributed by atoms with Crippen molar-refractivity contribution < 1.29 is 0 Å². The van der Waals surface area contributed by atoms with Crippen LogP contribution >= 0.6 is 11.8 Å². The predicted octanol–water partition coefficient (Wildman–Crippen LogP) is 3.63. The van der Waals surface area contributed by atoms with Crippen molar-refractivity contribution in [1.29, 1.82) is 0 Å². The molecule has 0 unspecified atom stereocenters. The lowest BCUT2D eigenvalue weighted by atomic mass is 10.0. The molecule has 2 heterocycles. The zero-order valence-corrected chi connectivity index (χ0v) is 11.6. The van der Waals surface area contributed by atoms with Crippen LogP contribution in [0.5, 0.6) is 0 Å². The second kappa shape index (κ2) is 5.01. The third-order valence-electron chi connectivity index (χ3n) is 2.95. The van der Waals surface area contributed by atoms with Gasteiger partial charge in [0.25, 0.3) is 0 Å². The highest BCUT2D eigenvalue weighted by Crippen LogP contribution is 2.30. The van der Waals surface area contributed by atoms with Crippen LogP contribution in [0.3, 0.4) is 0 Å². The SMILES string of the molecule is CC(C)c1ccc(Sc2ncnc3nc[nH]c23)cc1. The Kier molecular flexibility index (Phi) is 3.21. The highest BCUT2D eigenvalue weighted by molar-refractivity contribution is 7.99. The minimum absolute atomic E-state index is 0.553. The van der Waals surface area contributed by atoms with Gasteiger partial charge in [0, 0.05) is 4.90 Å². The molecule has 0 saturated heterocycles. The molecule has 0 spiro atoms. The Labute approximate surface area is 115 Å². The van der Waals surface area contributed by atoms with Crippen molar-refractivity contribution in [3.05, 3.63) is 42.5 Å². The summed E-state index contributed by atoms with van der Waals surface area (Å²) in [5.41, 5.74) is 2.94. The van der Waals surface area contributed by atoms with Gasteiger partial charge in [0.15, 0.2) is 5.65 Å². The maximum absolute atomic E-state index is 4.31. The van der Waals surface area contributed by atoms with E-state index in [0.29, 0.717) is 11.6 Å². The fourth-order valence-electron chi connectivity index (χ4n) is 1.85. The molecule has 0 aliphatic heterocycles. The summed E-state index contributed by atoms with van der Waals surface area (Å²) in [6.07, 6.45) is 3.19. The monoisotopic (exact) mass is 270 g/mol. The lowest BCUT2D eigenvalue weighted by molar-refractivity contribution is 0.865. The Hall–Kier alpha value is -1.88. The third kappa shape index (κ3) is 2.46. The van der Waals surface area contributed by atoms with Crippen LogP contribution in [0.2, 0.25) is 0 Å². The summed E-state index contributed by atoms with van der Waals surface area (Å²) < 4.78 is 0. The summed E-state index contributed by atoms with van der Waals surface area (Å²) in [6, 6.07) is 8.59. The van der Waals surface area contributed by atoms with Crippen LogP contribution in [0, 0.1) is 0 Å².